The molecule has 1 fully saturated rings. The zero-order valence-electron chi connectivity index (χ0n) is 23.0. The minimum atomic E-state index is -4.42. The van der Waals surface area contributed by atoms with Crippen LogP contribution >= 0.6 is 11.6 Å². The number of carbonyl (C=O) groups is 3. The van der Waals surface area contributed by atoms with Gasteiger partial charge in [-0.2, -0.15) is 13.2 Å². The minimum absolute atomic E-state index is 0.119. The van der Waals surface area contributed by atoms with Crippen LogP contribution in [0, 0.1) is 0 Å². The van der Waals surface area contributed by atoms with Crippen molar-refractivity contribution in [2.24, 2.45) is 0 Å². The van der Waals surface area contributed by atoms with E-state index < -0.39 is 29.6 Å². The summed E-state index contributed by atoms with van der Waals surface area (Å²) in [4.78, 5) is 44.4. The number of aromatic nitrogens is 1. The number of nitrogens with one attached hydrogen (secondary N) is 2. The molecule has 12 heteroatoms. The van der Waals surface area contributed by atoms with Crippen LogP contribution in [-0.4, -0.2) is 59.4 Å². The fourth-order valence-electron chi connectivity index (χ4n) is 4.44. The largest absolute Gasteiger partial charge is 0.490 e. The maximum atomic E-state index is 13.1. The topological polar surface area (TPSA) is 101 Å². The van der Waals surface area contributed by atoms with Crippen LogP contribution in [0.25, 0.3) is 6.08 Å². The maximum absolute atomic E-state index is 13.1. The Morgan fingerprint density at radius 2 is 1.72 bits per heavy atom. The third-order valence-electron chi connectivity index (χ3n) is 6.76. The van der Waals surface area contributed by atoms with Crippen LogP contribution in [0.2, 0.25) is 5.02 Å². The average molecular weight is 615 g/mol. The summed E-state index contributed by atoms with van der Waals surface area (Å²) in [7, 11) is 0. The Labute approximate surface area is 251 Å². The summed E-state index contributed by atoms with van der Waals surface area (Å²) in [5.41, 5.74) is 0.592. The lowest BCUT2D eigenvalue weighted by Crippen LogP contribution is -2.51. The van der Waals surface area contributed by atoms with Crippen molar-refractivity contribution in [2.45, 2.75) is 37.6 Å². The van der Waals surface area contributed by atoms with Crippen molar-refractivity contribution in [3.05, 3.63) is 101 Å². The van der Waals surface area contributed by atoms with E-state index in [4.69, 9.17) is 16.3 Å². The summed E-state index contributed by atoms with van der Waals surface area (Å²) in [6.45, 7) is 0.464. The van der Waals surface area contributed by atoms with E-state index in [1.54, 1.807) is 59.6 Å². The van der Waals surface area contributed by atoms with Crippen LogP contribution in [0.1, 0.15) is 29.7 Å². The van der Waals surface area contributed by atoms with Gasteiger partial charge in [-0.15, -0.1) is 0 Å². The summed E-state index contributed by atoms with van der Waals surface area (Å²) < 4.78 is 44.1. The second kappa shape index (κ2) is 14.7. The van der Waals surface area contributed by atoms with Crippen LogP contribution in [0.15, 0.2) is 79.0 Å². The molecule has 2 aromatic carbocycles. The quantitative estimate of drug-likeness (QED) is 0.323. The molecule has 8 nitrogen and oxygen atoms in total. The smallest absolute Gasteiger partial charge is 0.416 e. The van der Waals surface area contributed by atoms with Gasteiger partial charge in [0, 0.05) is 55.3 Å². The summed E-state index contributed by atoms with van der Waals surface area (Å²) in [6, 6.07) is 15.7. The van der Waals surface area contributed by atoms with Crippen molar-refractivity contribution in [1.29, 1.82) is 0 Å². The number of rotatable bonds is 10. The van der Waals surface area contributed by atoms with Gasteiger partial charge in [-0.3, -0.25) is 19.4 Å². The summed E-state index contributed by atoms with van der Waals surface area (Å²) >= 11 is 5.89. The first-order chi connectivity index (χ1) is 20.6. The van der Waals surface area contributed by atoms with E-state index in [0.29, 0.717) is 42.4 Å². The van der Waals surface area contributed by atoms with Gasteiger partial charge in [-0.25, -0.2) is 0 Å². The minimum Gasteiger partial charge on any atom is -0.490 e. The molecule has 0 unspecified atom stereocenters. The molecule has 43 heavy (non-hydrogen) atoms. The number of alkyl halides is 3. The van der Waals surface area contributed by atoms with E-state index in [2.05, 4.69) is 15.6 Å². The number of nitrogens with zero attached hydrogens (tertiary/aromatic N) is 2. The molecule has 1 aromatic heterocycles. The average Bonchev–Trinajstić information content (AvgIpc) is 3.00. The zero-order valence-corrected chi connectivity index (χ0v) is 23.8. The molecule has 1 aliphatic heterocycles. The molecule has 3 aromatic rings. The van der Waals surface area contributed by atoms with Crippen molar-refractivity contribution < 1.29 is 32.3 Å². The van der Waals surface area contributed by atoms with Gasteiger partial charge in [0.15, 0.2) is 0 Å². The molecule has 3 amide bonds. The summed E-state index contributed by atoms with van der Waals surface area (Å²) in [5.74, 6) is -0.999. The van der Waals surface area contributed by atoms with E-state index in [1.165, 1.54) is 18.2 Å². The number of ether oxygens (including phenoxy) is 1. The van der Waals surface area contributed by atoms with Crippen LogP contribution in [0.3, 0.4) is 0 Å². The molecule has 0 radical (unpaired) electrons. The fourth-order valence-corrected chi connectivity index (χ4v) is 4.56. The molecule has 0 spiro atoms. The molecule has 1 saturated heterocycles. The third kappa shape index (κ3) is 9.85. The summed E-state index contributed by atoms with van der Waals surface area (Å²) in [6.07, 6.45) is 0.903. The Balaban J connectivity index is 1.27. The first-order valence-corrected chi connectivity index (χ1v) is 14.0. The van der Waals surface area contributed by atoms with Crippen molar-refractivity contribution in [1.82, 2.24) is 20.5 Å². The number of pyridine rings is 1. The highest BCUT2D eigenvalue weighted by Gasteiger charge is 2.30. The standard InChI is InChI=1S/C31H30ClF3N4O4/c32-23-9-4-21(5-10-23)6-13-28(40)38-27(19-24-3-1-2-16-36-24)30(42)37-20-29(41)39-17-14-26(15-18-39)43-25-11-7-22(8-12-25)31(33,34)35/h1-13,16,26-27H,14-15,17-20H2,(H,37,42)(H,38,40)/b13-6+/t27-/m0/s1. The molecule has 1 atom stereocenters. The number of carbonyl (C=O) groups excluding carboxylic acids is 3. The Kier molecular flexibility index (Phi) is 10.8. The second-order valence-electron chi connectivity index (χ2n) is 9.91. The lowest BCUT2D eigenvalue weighted by Gasteiger charge is -2.32. The van der Waals surface area contributed by atoms with Crippen LogP contribution in [0.5, 0.6) is 5.75 Å². The second-order valence-corrected chi connectivity index (χ2v) is 10.3. The molecular weight excluding hydrogens is 585 g/mol. The lowest BCUT2D eigenvalue weighted by atomic mass is 10.1. The normalized spacial score (nSPS) is 14.7. The molecule has 0 saturated carbocycles. The van der Waals surface area contributed by atoms with Crippen molar-refractivity contribution in [3.8, 4) is 5.75 Å². The van der Waals surface area contributed by atoms with Gasteiger partial charge in [0.1, 0.15) is 17.9 Å². The molecular formula is C31H30ClF3N4O4. The monoisotopic (exact) mass is 614 g/mol. The first kappa shape index (κ1) is 31.6. The maximum Gasteiger partial charge on any atom is 0.416 e. The SMILES string of the molecule is O=C(/C=C/c1ccc(Cl)cc1)N[C@@H](Cc1ccccn1)C(=O)NCC(=O)N1CCC(Oc2ccc(C(F)(F)F)cc2)CC1. The number of hydrogen-bond acceptors (Lipinski definition) is 5. The van der Waals surface area contributed by atoms with E-state index in [0.717, 1.165) is 17.7 Å². The molecule has 0 aliphatic carbocycles. The lowest BCUT2D eigenvalue weighted by molar-refractivity contribution is -0.137. The van der Waals surface area contributed by atoms with Gasteiger partial charge in [-0.05, 0) is 60.2 Å². The first-order valence-electron chi connectivity index (χ1n) is 13.6. The van der Waals surface area contributed by atoms with Gasteiger partial charge in [0.2, 0.25) is 17.7 Å². The fraction of sp³-hybridized carbons (Fsp3) is 0.290. The highest BCUT2D eigenvalue weighted by atomic mass is 35.5. The molecule has 1 aliphatic rings. The predicted octanol–water partition coefficient (Wildman–Crippen LogP) is 4.68. The van der Waals surface area contributed by atoms with E-state index in [-0.39, 0.29) is 25.0 Å². The van der Waals surface area contributed by atoms with Gasteiger partial charge in [-0.1, -0.05) is 29.8 Å². The number of halogens is 4. The van der Waals surface area contributed by atoms with Gasteiger partial charge < -0.3 is 20.3 Å². The molecule has 226 valence electrons. The number of benzene rings is 2. The zero-order chi connectivity index (χ0) is 30.8. The van der Waals surface area contributed by atoms with Crippen molar-refractivity contribution >= 4 is 35.4 Å². The van der Waals surface area contributed by atoms with Gasteiger partial charge in [0.05, 0.1) is 12.1 Å². The highest BCUT2D eigenvalue weighted by Crippen LogP contribution is 2.31. The Morgan fingerprint density at radius 3 is 2.35 bits per heavy atom. The van der Waals surface area contributed by atoms with E-state index >= 15 is 0 Å². The van der Waals surface area contributed by atoms with Crippen LogP contribution < -0.4 is 15.4 Å². The third-order valence-corrected chi connectivity index (χ3v) is 7.01. The van der Waals surface area contributed by atoms with Gasteiger partial charge in [0.25, 0.3) is 0 Å². The highest BCUT2D eigenvalue weighted by molar-refractivity contribution is 6.30. The Hall–Kier alpha value is -4.38. The predicted molar refractivity (Wildman–Crippen MR) is 155 cm³/mol. The Bertz CT molecular complexity index is 1410. The molecule has 2 heterocycles. The molecule has 2 N–H and O–H groups in total. The van der Waals surface area contributed by atoms with E-state index in [9.17, 15) is 27.6 Å². The summed E-state index contributed by atoms with van der Waals surface area (Å²) in [5, 5.41) is 5.87. The Morgan fingerprint density at radius 1 is 1.02 bits per heavy atom. The van der Waals surface area contributed by atoms with Crippen molar-refractivity contribution in [3.63, 3.8) is 0 Å². The number of piperidine rings is 1. The van der Waals surface area contributed by atoms with Gasteiger partial charge >= 0.3 is 6.18 Å². The van der Waals surface area contributed by atoms with E-state index in [1.807, 2.05) is 0 Å². The van der Waals surface area contributed by atoms with Crippen molar-refractivity contribution in [2.75, 3.05) is 19.6 Å². The van der Waals surface area contributed by atoms with Crippen LogP contribution in [0.4, 0.5) is 13.2 Å². The van der Waals surface area contributed by atoms with Crippen LogP contribution in [-0.2, 0) is 27.0 Å². The number of hydrogen-bond donors (Lipinski definition) is 2. The molecule has 0 bridgehead atoms. The molecule has 4 rings (SSSR count). The number of amides is 3. The number of likely N-dealkylation sites (tertiary alicyclic amines) is 1.